The van der Waals surface area contributed by atoms with E-state index in [1.54, 1.807) is 0 Å². The largest absolute Gasteiger partial charge is 0.393 e. The van der Waals surface area contributed by atoms with Crippen LogP contribution in [0.25, 0.3) is 0 Å². The predicted octanol–water partition coefficient (Wildman–Crippen LogP) is 1.61. The number of aliphatic hydroxyl groups is 3. The molecule has 0 aromatic carbocycles. The Labute approximate surface area is 125 Å². The molecule has 0 aromatic rings. The molecular weight excluding hydrogens is 284 g/mol. The van der Waals surface area contributed by atoms with Crippen LogP contribution in [0.5, 0.6) is 0 Å². The lowest BCUT2D eigenvalue weighted by Crippen LogP contribution is -2.24. The van der Waals surface area contributed by atoms with Crippen LogP contribution in [-0.4, -0.2) is 49.8 Å². The Bertz CT molecular complexity index is 373. The van der Waals surface area contributed by atoms with Gasteiger partial charge in [-0.05, 0) is 0 Å². The lowest BCUT2D eigenvalue weighted by Gasteiger charge is -2.14. The van der Waals surface area contributed by atoms with Crippen LogP contribution in [0, 0.1) is 22.9 Å². The minimum absolute atomic E-state index is 0.156. The van der Waals surface area contributed by atoms with E-state index in [2.05, 4.69) is 62.2 Å². The van der Waals surface area contributed by atoms with Gasteiger partial charge in [-0.25, -0.2) is 0 Å². The Morgan fingerprint density at radius 3 is 1.25 bits per heavy atom. The zero-order valence-corrected chi connectivity index (χ0v) is 15.5. The van der Waals surface area contributed by atoms with Crippen LogP contribution >= 0.6 is 0 Å². The highest BCUT2D eigenvalue weighted by Crippen LogP contribution is 2.07. The zero-order chi connectivity index (χ0) is 16.0. The minimum Gasteiger partial charge on any atom is -0.393 e. The van der Waals surface area contributed by atoms with E-state index in [-0.39, 0.29) is 12.8 Å². The molecule has 114 valence electrons. The molecule has 0 heterocycles. The van der Waals surface area contributed by atoms with Crippen LogP contribution in [0.2, 0.25) is 39.3 Å². The first-order valence-electron chi connectivity index (χ1n) is 6.98. The molecule has 1 unspecified atom stereocenters. The molecule has 0 amide bonds. The third-order valence-electron chi connectivity index (χ3n) is 2.22. The van der Waals surface area contributed by atoms with Gasteiger partial charge in [0.15, 0.2) is 0 Å². The van der Waals surface area contributed by atoms with Gasteiger partial charge in [0.05, 0.1) is 6.10 Å². The van der Waals surface area contributed by atoms with Crippen molar-refractivity contribution in [3.8, 4) is 22.9 Å². The van der Waals surface area contributed by atoms with Gasteiger partial charge in [0.25, 0.3) is 0 Å². The maximum Gasteiger partial charge on any atom is 0.129 e. The Morgan fingerprint density at radius 2 is 1.00 bits per heavy atom. The lowest BCUT2D eigenvalue weighted by atomic mass is 10.1. The summed E-state index contributed by atoms with van der Waals surface area (Å²) in [6.07, 6.45) is -2.15. The van der Waals surface area contributed by atoms with Gasteiger partial charge in [0.2, 0.25) is 0 Å². The van der Waals surface area contributed by atoms with Crippen LogP contribution in [0.15, 0.2) is 0 Å². The second-order valence-electron chi connectivity index (χ2n) is 7.20. The predicted molar refractivity (Wildman–Crippen MR) is 89.5 cm³/mol. The molecule has 0 radical (unpaired) electrons. The maximum absolute atomic E-state index is 9.82. The SMILES string of the molecule is C[Si](C)(C)C#C[C@@H](O)CC(O)C[C@@H](O)C#C[Si](C)(C)C. The van der Waals surface area contributed by atoms with Crippen molar-refractivity contribution in [1.82, 2.24) is 0 Å². The van der Waals surface area contributed by atoms with E-state index in [0.717, 1.165) is 0 Å². The van der Waals surface area contributed by atoms with Crippen LogP contribution in [0.3, 0.4) is 0 Å². The van der Waals surface area contributed by atoms with Gasteiger partial charge in [0, 0.05) is 12.8 Å². The summed E-state index contributed by atoms with van der Waals surface area (Å²) in [4.78, 5) is 0. The van der Waals surface area contributed by atoms with Crippen molar-refractivity contribution in [2.24, 2.45) is 0 Å². The van der Waals surface area contributed by atoms with Crippen molar-refractivity contribution in [3.63, 3.8) is 0 Å². The number of hydrogen-bond donors (Lipinski definition) is 3. The van der Waals surface area contributed by atoms with Crippen molar-refractivity contribution in [2.75, 3.05) is 0 Å². The molecule has 0 saturated carbocycles. The summed E-state index contributed by atoms with van der Waals surface area (Å²) in [7, 11) is -3.01. The summed E-state index contributed by atoms with van der Waals surface area (Å²) >= 11 is 0. The van der Waals surface area contributed by atoms with Gasteiger partial charge < -0.3 is 15.3 Å². The Balaban J connectivity index is 4.31. The molecule has 3 atom stereocenters. The van der Waals surface area contributed by atoms with E-state index in [9.17, 15) is 15.3 Å². The van der Waals surface area contributed by atoms with E-state index in [0.29, 0.717) is 0 Å². The highest BCUT2D eigenvalue weighted by atomic mass is 28.3. The smallest absolute Gasteiger partial charge is 0.129 e. The summed E-state index contributed by atoms with van der Waals surface area (Å²) in [5.41, 5.74) is 6.14. The molecule has 3 nitrogen and oxygen atoms in total. The van der Waals surface area contributed by atoms with Crippen molar-refractivity contribution in [3.05, 3.63) is 0 Å². The van der Waals surface area contributed by atoms with E-state index >= 15 is 0 Å². The van der Waals surface area contributed by atoms with Gasteiger partial charge in [-0.15, -0.1) is 11.1 Å². The molecule has 0 aromatic heterocycles. The second-order valence-corrected chi connectivity index (χ2v) is 16.7. The quantitative estimate of drug-likeness (QED) is 0.546. The summed E-state index contributed by atoms with van der Waals surface area (Å²) in [5, 5.41) is 29.3. The van der Waals surface area contributed by atoms with Crippen LogP contribution in [-0.2, 0) is 0 Å². The standard InChI is InChI=1S/C15H28O3Si2/c1-19(2,3)9-7-13(16)11-15(18)12-14(17)8-10-20(4,5)6/h13-18H,11-12H2,1-6H3/t13-,14+,15?. The Hall–Kier alpha value is -0.566. The monoisotopic (exact) mass is 312 g/mol. The fraction of sp³-hybridized carbons (Fsp3) is 0.733. The molecule has 0 aliphatic rings. The molecular formula is C15H28O3Si2. The zero-order valence-electron chi connectivity index (χ0n) is 13.5. The van der Waals surface area contributed by atoms with E-state index in [1.165, 1.54) is 0 Å². The van der Waals surface area contributed by atoms with Crippen molar-refractivity contribution in [1.29, 1.82) is 0 Å². The van der Waals surface area contributed by atoms with Crippen LogP contribution < -0.4 is 0 Å². The van der Waals surface area contributed by atoms with Gasteiger partial charge >= 0.3 is 0 Å². The van der Waals surface area contributed by atoms with Crippen LogP contribution in [0.4, 0.5) is 0 Å². The average molecular weight is 313 g/mol. The average Bonchev–Trinajstić information content (AvgIpc) is 2.21. The van der Waals surface area contributed by atoms with E-state index < -0.39 is 34.5 Å². The fourth-order valence-corrected chi connectivity index (χ4v) is 2.53. The molecule has 5 heteroatoms. The van der Waals surface area contributed by atoms with E-state index in [4.69, 9.17) is 0 Å². The minimum atomic E-state index is -1.51. The van der Waals surface area contributed by atoms with Crippen molar-refractivity contribution >= 4 is 16.1 Å². The lowest BCUT2D eigenvalue weighted by molar-refractivity contribution is 0.0710. The molecule has 0 spiro atoms. The number of hydrogen-bond acceptors (Lipinski definition) is 3. The topological polar surface area (TPSA) is 60.7 Å². The summed E-state index contributed by atoms with van der Waals surface area (Å²) < 4.78 is 0. The highest BCUT2D eigenvalue weighted by Gasteiger charge is 2.15. The summed E-state index contributed by atoms with van der Waals surface area (Å²) in [6.45, 7) is 12.6. The summed E-state index contributed by atoms with van der Waals surface area (Å²) in [6, 6.07) is 0. The number of rotatable bonds is 4. The van der Waals surface area contributed by atoms with Gasteiger partial charge in [-0.1, -0.05) is 51.1 Å². The molecule has 20 heavy (non-hydrogen) atoms. The first-order chi connectivity index (χ1) is 8.89. The molecule has 0 aliphatic heterocycles. The molecule has 0 aliphatic carbocycles. The first-order valence-corrected chi connectivity index (χ1v) is 14.0. The molecule has 0 rings (SSSR count). The third-order valence-corrected chi connectivity index (χ3v) is 4.01. The molecule has 3 N–H and O–H groups in total. The van der Waals surface area contributed by atoms with Gasteiger partial charge in [0.1, 0.15) is 28.4 Å². The van der Waals surface area contributed by atoms with Crippen molar-refractivity contribution in [2.45, 2.75) is 70.4 Å². The second kappa shape index (κ2) is 8.02. The normalized spacial score (nSPS) is 16.2. The van der Waals surface area contributed by atoms with Crippen LogP contribution in [0.1, 0.15) is 12.8 Å². The maximum atomic E-state index is 9.82. The van der Waals surface area contributed by atoms with E-state index in [1.807, 2.05) is 0 Å². The highest BCUT2D eigenvalue weighted by molar-refractivity contribution is 6.84. The molecule has 0 saturated heterocycles. The van der Waals surface area contributed by atoms with Gasteiger partial charge in [-0.3, -0.25) is 0 Å². The number of aliphatic hydroxyl groups excluding tert-OH is 3. The third kappa shape index (κ3) is 12.5. The Kier molecular flexibility index (Phi) is 7.79. The molecule has 0 fully saturated rings. The Morgan fingerprint density at radius 1 is 0.700 bits per heavy atom. The van der Waals surface area contributed by atoms with Gasteiger partial charge in [-0.2, -0.15) is 0 Å². The van der Waals surface area contributed by atoms with Crippen molar-refractivity contribution < 1.29 is 15.3 Å². The molecule has 0 bridgehead atoms. The summed E-state index contributed by atoms with van der Waals surface area (Å²) in [5.74, 6) is 5.56. The fourth-order valence-electron chi connectivity index (χ4n) is 1.33. The first kappa shape index (κ1) is 19.4.